The number of amides is 1. The quantitative estimate of drug-likeness (QED) is 0.655. The number of aromatic nitrogens is 1. The summed E-state index contributed by atoms with van der Waals surface area (Å²) in [4.78, 5) is 17.6. The number of hydrogen-bond donors (Lipinski definition) is 2. The van der Waals surface area contributed by atoms with E-state index in [2.05, 4.69) is 10.3 Å². The zero-order valence-corrected chi connectivity index (χ0v) is 17.5. The van der Waals surface area contributed by atoms with Crippen LogP contribution in [0.4, 0.5) is 33.5 Å². The second kappa shape index (κ2) is 8.28. The molecule has 13 heteroatoms. The second-order valence-electron chi connectivity index (χ2n) is 7.48. The lowest BCUT2D eigenvalue weighted by molar-refractivity contribution is -0.137. The third-order valence-electron chi connectivity index (χ3n) is 5.09. The molecule has 2 heterocycles. The molecule has 1 aromatic carbocycles. The molecule has 0 radical (unpaired) electrons. The van der Waals surface area contributed by atoms with Crippen molar-refractivity contribution < 1.29 is 35.2 Å². The van der Waals surface area contributed by atoms with Gasteiger partial charge in [-0.1, -0.05) is 13.0 Å². The van der Waals surface area contributed by atoms with Gasteiger partial charge in [-0.15, -0.1) is 0 Å². The van der Waals surface area contributed by atoms with Crippen molar-refractivity contribution in [3.8, 4) is 0 Å². The van der Waals surface area contributed by atoms with Crippen LogP contribution in [0.1, 0.15) is 29.3 Å². The van der Waals surface area contributed by atoms with Crippen LogP contribution in [0, 0.1) is 5.92 Å². The molecule has 7 nitrogen and oxygen atoms in total. The molecule has 2 aromatic rings. The molecular formula is C19H19F5N4O3S. The number of benzene rings is 1. The Hall–Kier alpha value is -2.80. The lowest BCUT2D eigenvalue weighted by Gasteiger charge is -2.38. The Balaban J connectivity index is 1.99. The van der Waals surface area contributed by atoms with Gasteiger partial charge in [-0.2, -0.15) is 13.2 Å². The van der Waals surface area contributed by atoms with Crippen LogP contribution in [0.25, 0.3) is 0 Å². The first-order valence-electron chi connectivity index (χ1n) is 9.33. The number of carbonyl (C=O) groups is 1. The third kappa shape index (κ3) is 5.15. The standard InChI is InChI=1S/C19H19F5N4O3S/c1-11-10-28(6-5-18(11,20)21)16-15(7-12(9-26-16)19(22,23)24)17(29)27-13-3-2-4-14(8-13)32(25,30)31/h2-4,7-9,11H,5-6,10H2,1H3,(H,27,29)(H2,25,30,31)/t11-/m1/s1. The van der Waals surface area contributed by atoms with Crippen LogP contribution in [-0.2, 0) is 16.2 Å². The summed E-state index contributed by atoms with van der Waals surface area (Å²) in [5.41, 5.74) is -1.72. The molecule has 174 valence electrons. The Bertz CT molecular complexity index is 1140. The van der Waals surface area contributed by atoms with Crippen LogP contribution in [-0.4, -0.2) is 38.3 Å². The lowest BCUT2D eigenvalue weighted by atomic mass is 9.95. The molecule has 1 aliphatic heterocycles. The zero-order chi connectivity index (χ0) is 23.9. The SMILES string of the molecule is C[C@@H]1CN(c2ncc(C(F)(F)F)cc2C(=O)Nc2cccc(S(N)(=O)=O)c2)CCC1(F)F. The molecule has 3 rings (SSSR count). The number of primary sulfonamides is 1. The fraction of sp³-hybridized carbons (Fsp3) is 0.368. The van der Waals surface area contributed by atoms with Gasteiger partial charge in [-0.3, -0.25) is 4.79 Å². The number of hydrogen-bond acceptors (Lipinski definition) is 5. The molecule has 0 bridgehead atoms. The summed E-state index contributed by atoms with van der Waals surface area (Å²) < 4.78 is 90.4. The van der Waals surface area contributed by atoms with Crippen molar-refractivity contribution in [2.45, 2.75) is 30.3 Å². The van der Waals surface area contributed by atoms with Crippen molar-refractivity contribution >= 4 is 27.4 Å². The maximum atomic E-state index is 13.9. The summed E-state index contributed by atoms with van der Waals surface area (Å²) in [7, 11) is -4.09. The van der Waals surface area contributed by atoms with Crippen LogP contribution < -0.4 is 15.4 Å². The largest absolute Gasteiger partial charge is 0.417 e. The van der Waals surface area contributed by atoms with Gasteiger partial charge < -0.3 is 10.2 Å². The second-order valence-corrected chi connectivity index (χ2v) is 9.04. The Morgan fingerprint density at radius 2 is 1.97 bits per heavy atom. The number of alkyl halides is 5. The zero-order valence-electron chi connectivity index (χ0n) is 16.7. The van der Waals surface area contributed by atoms with Crippen LogP contribution >= 0.6 is 0 Å². The van der Waals surface area contributed by atoms with Gasteiger partial charge in [0, 0.05) is 37.3 Å². The molecule has 1 atom stereocenters. The Morgan fingerprint density at radius 3 is 2.56 bits per heavy atom. The molecule has 0 unspecified atom stereocenters. The monoisotopic (exact) mass is 478 g/mol. The number of anilines is 2. The molecule has 1 saturated heterocycles. The molecule has 1 fully saturated rings. The highest BCUT2D eigenvalue weighted by molar-refractivity contribution is 7.89. The number of nitrogens with zero attached hydrogens (tertiary/aromatic N) is 2. The Morgan fingerprint density at radius 1 is 1.28 bits per heavy atom. The van der Waals surface area contributed by atoms with Gasteiger partial charge in [-0.05, 0) is 24.3 Å². The van der Waals surface area contributed by atoms with Crippen LogP contribution in [0.2, 0.25) is 0 Å². The first kappa shape index (κ1) is 23.9. The minimum Gasteiger partial charge on any atom is -0.355 e. The smallest absolute Gasteiger partial charge is 0.355 e. The average molecular weight is 478 g/mol. The van der Waals surface area contributed by atoms with Gasteiger partial charge in [0.25, 0.3) is 11.8 Å². The van der Waals surface area contributed by atoms with Gasteiger partial charge in [0.1, 0.15) is 5.82 Å². The first-order chi connectivity index (χ1) is 14.7. The predicted molar refractivity (Wildman–Crippen MR) is 106 cm³/mol. The Labute approximate surface area is 180 Å². The minimum absolute atomic E-state index is 0.0385. The topological polar surface area (TPSA) is 105 Å². The number of piperidine rings is 1. The van der Waals surface area contributed by atoms with E-state index < -0.39 is 51.5 Å². The van der Waals surface area contributed by atoms with E-state index in [0.717, 1.165) is 6.07 Å². The molecule has 0 saturated carbocycles. The van der Waals surface area contributed by atoms with Crippen molar-refractivity contribution in [2.24, 2.45) is 11.1 Å². The molecular weight excluding hydrogens is 459 g/mol. The van der Waals surface area contributed by atoms with Crippen molar-refractivity contribution in [3.05, 3.63) is 47.7 Å². The molecule has 32 heavy (non-hydrogen) atoms. The number of halogens is 5. The van der Waals surface area contributed by atoms with E-state index in [0.29, 0.717) is 12.3 Å². The summed E-state index contributed by atoms with van der Waals surface area (Å²) in [6.07, 6.45) is -4.81. The van der Waals surface area contributed by atoms with E-state index >= 15 is 0 Å². The van der Waals surface area contributed by atoms with E-state index in [9.17, 15) is 35.2 Å². The van der Waals surface area contributed by atoms with Crippen LogP contribution in [0.5, 0.6) is 0 Å². The summed E-state index contributed by atoms with van der Waals surface area (Å²) in [6, 6.07) is 5.40. The molecule has 0 aliphatic carbocycles. The molecule has 0 spiro atoms. The summed E-state index contributed by atoms with van der Waals surface area (Å²) >= 11 is 0. The van der Waals surface area contributed by atoms with Crippen LogP contribution in [0.15, 0.2) is 41.4 Å². The highest BCUT2D eigenvalue weighted by Crippen LogP contribution is 2.37. The van der Waals surface area contributed by atoms with E-state index in [-0.39, 0.29) is 29.5 Å². The maximum Gasteiger partial charge on any atom is 0.417 e. The van der Waals surface area contributed by atoms with E-state index in [1.54, 1.807) is 0 Å². The number of rotatable bonds is 4. The average Bonchev–Trinajstić information content (AvgIpc) is 2.68. The van der Waals surface area contributed by atoms with Crippen molar-refractivity contribution in [1.29, 1.82) is 0 Å². The number of nitrogens with one attached hydrogen (secondary N) is 1. The molecule has 1 amide bonds. The minimum atomic E-state index is -4.80. The first-order valence-corrected chi connectivity index (χ1v) is 10.9. The summed E-state index contributed by atoms with van der Waals surface area (Å²) in [5, 5.41) is 7.36. The van der Waals surface area contributed by atoms with Gasteiger partial charge >= 0.3 is 6.18 Å². The van der Waals surface area contributed by atoms with Crippen molar-refractivity contribution in [3.63, 3.8) is 0 Å². The van der Waals surface area contributed by atoms with Crippen molar-refractivity contribution in [1.82, 2.24) is 4.98 Å². The molecule has 3 N–H and O–H groups in total. The number of nitrogens with two attached hydrogens (primary N) is 1. The molecule has 1 aromatic heterocycles. The highest BCUT2D eigenvalue weighted by Gasteiger charge is 2.42. The Kier molecular flexibility index (Phi) is 6.17. The normalized spacial score (nSPS) is 19.0. The van der Waals surface area contributed by atoms with Gasteiger partial charge in [0.2, 0.25) is 10.0 Å². The van der Waals surface area contributed by atoms with Gasteiger partial charge in [0.15, 0.2) is 0 Å². The van der Waals surface area contributed by atoms with Gasteiger partial charge in [-0.25, -0.2) is 27.3 Å². The lowest BCUT2D eigenvalue weighted by Crippen LogP contribution is -2.46. The highest BCUT2D eigenvalue weighted by atomic mass is 32.2. The van der Waals surface area contributed by atoms with E-state index in [1.807, 2.05) is 0 Å². The molecule has 1 aliphatic rings. The maximum absolute atomic E-state index is 13.9. The van der Waals surface area contributed by atoms with Crippen LogP contribution in [0.3, 0.4) is 0 Å². The summed E-state index contributed by atoms with van der Waals surface area (Å²) in [5.74, 6) is -5.25. The predicted octanol–water partition coefficient (Wildman–Crippen LogP) is 3.48. The number of sulfonamides is 1. The van der Waals surface area contributed by atoms with E-state index in [4.69, 9.17) is 5.14 Å². The van der Waals surface area contributed by atoms with E-state index in [1.165, 1.54) is 30.0 Å². The summed E-state index contributed by atoms with van der Waals surface area (Å²) in [6.45, 7) is 0.873. The fourth-order valence-electron chi connectivity index (χ4n) is 3.26. The van der Waals surface area contributed by atoms with Gasteiger partial charge in [0.05, 0.1) is 16.0 Å². The number of pyridine rings is 1. The van der Waals surface area contributed by atoms with Crippen molar-refractivity contribution in [2.75, 3.05) is 23.3 Å². The number of carbonyl (C=O) groups excluding carboxylic acids is 1. The third-order valence-corrected chi connectivity index (χ3v) is 6.00. The fourth-order valence-corrected chi connectivity index (χ4v) is 3.82.